The summed E-state index contributed by atoms with van der Waals surface area (Å²) in [5.74, 6) is -1.99. The van der Waals surface area contributed by atoms with Gasteiger partial charge in [0.25, 0.3) is 10.1 Å². The fourth-order valence-electron chi connectivity index (χ4n) is 5.79. The third-order valence-corrected chi connectivity index (χ3v) is 9.60. The van der Waals surface area contributed by atoms with Gasteiger partial charge in [0.05, 0.1) is 6.61 Å². The lowest BCUT2D eigenvalue weighted by Crippen LogP contribution is -2.60. The van der Waals surface area contributed by atoms with Crippen LogP contribution in [0.3, 0.4) is 0 Å². The van der Waals surface area contributed by atoms with Gasteiger partial charge in [-0.1, -0.05) is 116 Å². The summed E-state index contributed by atoms with van der Waals surface area (Å²) in [7, 11) is -4.59. The van der Waals surface area contributed by atoms with E-state index in [9.17, 15) is 37.9 Å². The maximum Gasteiger partial charge on any atom is 0.306 e. The Morgan fingerprint density at radius 3 is 1.68 bits per heavy atom. The van der Waals surface area contributed by atoms with Crippen LogP contribution in [-0.4, -0.2) is 96.0 Å². The summed E-state index contributed by atoms with van der Waals surface area (Å²) in [5, 5.41) is 30.7. The second kappa shape index (κ2) is 28.9. The Hall–Kier alpha value is -1.61. The Morgan fingerprint density at radius 1 is 0.660 bits per heavy atom. The van der Waals surface area contributed by atoms with Crippen molar-refractivity contribution in [2.45, 2.75) is 192 Å². The third-order valence-electron chi connectivity index (χ3n) is 8.85. The first kappa shape index (κ1) is 46.4. The maximum absolute atomic E-state index is 12.7. The average molecular weight is 737 g/mol. The molecule has 12 nitrogen and oxygen atoms in total. The molecule has 1 rings (SSSR count). The summed E-state index contributed by atoms with van der Waals surface area (Å²) < 4.78 is 53.7. The van der Waals surface area contributed by atoms with Crippen LogP contribution in [0, 0.1) is 0 Å². The minimum Gasteiger partial charge on any atom is -0.462 e. The molecule has 294 valence electrons. The Morgan fingerprint density at radius 2 is 1.14 bits per heavy atom. The van der Waals surface area contributed by atoms with E-state index >= 15 is 0 Å². The predicted molar refractivity (Wildman–Crippen MR) is 192 cm³/mol. The van der Waals surface area contributed by atoms with Gasteiger partial charge in [0.2, 0.25) is 0 Å². The molecule has 2 unspecified atom stereocenters. The van der Waals surface area contributed by atoms with Crippen molar-refractivity contribution < 1.29 is 56.8 Å². The van der Waals surface area contributed by atoms with Crippen molar-refractivity contribution in [1.29, 1.82) is 0 Å². The lowest BCUT2D eigenvalue weighted by Gasteiger charge is -2.40. The predicted octanol–water partition coefficient (Wildman–Crippen LogP) is 6.33. The van der Waals surface area contributed by atoms with Crippen molar-refractivity contribution >= 4 is 22.1 Å². The van der Waals surface area contributed by atoms with Gasteiger partial charge in [-0.05, 0) is 38.5 Å². The normalized spacial score (nSPS) is 21.8. The zero-order chi connectivity index (χ0) is 37.0. The molecule has 0 radical (unpaired) electrons. The summed E-state index contributed by atoms with van der Waals surface area (Å²) >= 11 is 0. The molecule has 13 heteroatoms. The molecule has 0 aromatic rings. The van der Waals surface area contributed by atoms with E-state index in [4.69, 9.17) is 18.9 Å². The smallest absolute Gasteiger partial charge is 0.306 e. The Bertz CT molecular complexity index is 1000. The highest BCUT2D eigenvalue weighted by atomic mass is 32.2. The van der Waals surface area contributed by atoms with E-state index in [1.54, 1.807) is 0 Å². The Balaban J connectivity index is 2.50. The number of esters is 2. The van der Waals surface area contributed by atoms with Crippen molar-refractivity contribution in [3.8, 4) is 0 Å². The van der Waals surface area contributed by atoms with Crippen LogP contribution in [0.1, 0.15) is 155 Å². The molecule has 0 aromatic carbocycles. The van der Waals surface area contributed by atoms with E-state index < -0.39 is 71.2 Å². The van der Waals surface area contributed by atoms with Gasteiger partial charge in [0.15, 0.2) is 12.4 Å². The number of hydrogen-bond donors (Lipinski definition) is 4. The standard InChI is InChI=1S/C37H68O12S/c1-3-5-7-9-11-12-13-14-15-16-17-18-20-22-24-26-33(39)48-30(27-46-32(38)25-23-21-19-10-8-6-4-2)28-47-37-36(42)35(41)34(40)31(49-37)29-50(43,44)45/h12-13,30-31,34-37,40-42H,3-11,14-29H2,1-2H3,(H,43,44,45)/b13-12+/t30-,31-,34-,35?,36?,37+/m1/s1. The molecule has 0 aromatic heterocycles. The summed E-state index contributed by atoms with van der Waals surface area (Å²) in [6.07, 6.45) is 17.2. The maximum atomic E-state index is 12.7. The SMILES string of the molecule is CCCCCC/C=C/CCCCCCCCCC(=O)O[C@H](COC(=O)CCCCCCCCC)CO[C@H]1O[C@H](CS(=O)(=O)O)[C@@H](O)C(O)C1O. The van der Waals surface area contributed by atoms with Crippen LogP contribution in [0.25, 0.3) is 0 Å². The molecule has 0 aliphatic carbocycles. The van der Waals surface area contributed by atoms with E-state index in [0.29, 0.717) is 12.8 Å². The van der Waals surface area contributed by atoms with Gasteiger partial charge in [0.1, 0.15) is 36.8 Å². The van der Waals surface area contributed by atoms with E-state index in [1.807, 2.05) is 0 Å². The van der Waals surface area contributed by atoms with Crippen molar-refractivity contribution in [1.82, 2.24) is 0 Å². The molecule has 1 aliphatic rings. The molecule has 1 saturated heterocycles. The largest absolute Gasteiger partial charge is 0.462 e. The number of carbonyl (C=O) groups excluding carboxylic acids is 2. The number of rotatable bonds is 31. The molecule has 0 spiro atoms. The van der Waals surface area contributed by atoms with E-state index in [1.165, 1.54) is 64.2 Å². The summed E-state index contributed by atoms with van der Waals surface area (Å²) in [6, 6.07) is 0. The van der Waals surface area contributed by atoms with Crippen LogP contribution >= 0.6 is 0 Å². The monoisotopic (exact) mass is 736 g/mol. The first-order chi connectivity index (χ1) is 24.0. The highest BCUT2D eigenvalue weighted by Crippen LogP contribution is 2.24. The highest BCUT2D eigenvalue weighted by molar-refractivity contribution is 7.85. The second-order valence-electron chi connectivity index (χ2n) is 13.6. The summed E-state index contributed by atoms with van der Waals surface area (Å²) in [5.41, 5.74) is 0. The molecule has 1 heterocycles. The quantitative estimate of drug-likeness (QED) is 0.0269. The number of carbonyl (C=O) groups is 2. The van der Waals surface area contributed by atoms with Crippen LogP contribution in [0.5, 0.6) is 0 Å². The lowest BCUT2D eigenvalue weighted by atomic mass is 10.00. The molecule has 0 bridgehead atoms. The fraction of sp³-hybridized carbons (Fsp3) is 0.892. The van der Waals surface area contributed by atoms with Crippen molar-refractivity contribution in [2.75, 3.05) is 19.0 Å². The first-order valence-electron chi connectivity index (χ1n) is 19.2. The van der Waals surface area contributed by atoms with Crippen LogP contribution in [-0.2, 0) is 38.7 Å². The first-order valence-corrected chi connectivity index (χ1v) is 20.9. The molecule has 1 fully saturated rings. The molecular formula is C37H68O12S. The number of aliphatic hydroxyl groups is 3. The zero-order valence-electron chi connectivity index (χ0n) is 30.8. The number of allylic oxidation sites excluding steroid dienone is 2. The summed E-state index contributed by atoms with van der Waals surface area (Å²) in [6.45, 7) is 3.66. The summed E-state index contributed by atoms with van der Waals surface area (Å²) in [4.78, 5) is 25.1. The zero-order valence-corrected chi connectivity index (χ0v) is 31.6. The highest BCUT2D eigenvalue weighted by Gasteiger charge is 2.46. The lowest BCUT2D eigenvalue weighted by molar-refractivity contribution is -0.297. The van der Waals surface area contributed by atoms with Crippen molar-refractivity contribution in [3.63, 3.8) is 0 Å². The van der Waals surface area contributed by atoms with Gasteiger partial charge in [-0.3, -0.25) is 14.1 Å². The minimum atomic E-state index is -4.59. The molecule has 1 aliphatic heterocycles. The number of unbranched alkanes of at least 4 members (excludes halogenated alkanes) is 17. The van der Waals surface area contributed by atoms with Gasteiger partial charge < -0.3 is 34.3 Å². The number of ether oxygens (including phenoxy) is 4. The average Bonchev–Trinajstić information content (AvgIpc) is 3.07. The molecular weight excluding hydrogens is 668 g/mol. The van der Waals surface area contributed by atoms with Gasteiger partial charge in [-0.25, -0.2) is 0 Å². The number of aliphatic hydroxyl groups excluding tert-OH is 3. The third kappa shape index (κ3) is 23.8. The van der Waals surface area contributed by atoms with Gasteiger partial charge in [-0.2, -0.15) is 8.42 Å². The van der Waals surface area contributed by atoms with Crippen LogP contribution in [0.15, 0.2) is 12.2 Å². The molecule has 4 N–H and O–H groups in total. The molecule has 0 saturated carbocycles. The Labute approximate surface area is 301 Å². The van der Waals surface area contributed by atoms with E-state index in [2.05, 4.69) is 26.0 Å². The topological polar surface area (TPSA) is 186 Å². The van der Waals surface area contributed by atoms with Crippen molar-refractivity contribution in [2.24, 2.45) is 0 Å². The Kier molecular flexibility index (Phi) is 26.8. The van der Waals surface area contributed by atoms with E-state index in [-0.39, 0.29) is 19.4 Å². The van der Waals surface area contributed by atoms with Crippen LogP contribution < -0.4 is 0 Å². The van der Waals surface area contributed by atoms with Gasteiger partial charge in [-0.15, -0.1) is 0 Å². The minimum absolute atomic E-state index is 0.162. The van der Waals surface area contributed by atoms with Crippen LogP contribution in [0.4, 0.5) is 0 Å². The molecule has 0 amide bonds. The number of hydrogen-bond acceptors (Lipinski definition) is 11. The van der Waals surface area contributed by atoms with Crippen LogP contribution in [0.2, 0.25) is 0 Å². The fourth-order valence-corrected chi connectivity index (χ4v) is 6.48. The van der Waals surface area contributed by atoms with Crippen molar-refractivity contribution in [3.05, 3.63) is 12.2 Å². The van der Waals surface area contributed by atoms with E-state index in [0.717, 1.165) is 51.4 Å². The van der Waals surface area contributed by atoms with Gasteiger partial charge in [0, 0.05) is 12.8 Å². The molecule has 50 heavy (non-hydrogen) atoms. The van der Waals surface area contributed by atoms with Gasteiger partial charge >= 0.3 is 11.9 Å². The second-order valence-corrected chi connectivity index (χ2v) is 15.1. The molecule has 6 atom stereocenters.